The second-order valence-corrected chi connectivity index (χ2v) is 3.55. The zero-order chi connectivity index (χ0) is 10.5. The van der Waals surface area contributed by atoms with Gasteiger partial charge < -0.3 is 16.4 Å². The van der Waals surface area contributed by atoms with Crippen LogP contribution in [0, 0.1) is 0 Å². The summed E-state index contributed by atoms with van der Waals surface area (Å²) in [6.45, 7) is 3.83. The molecule has 2 amide bonds. The molecule has 0 heterocycles. The van der Waals surface area contributed by atoms with Crippen LogP contribution < -0.4 is 16.4 Å². The maximum Gasteiger partial charge on any atom is 0.233 e. The fraction of sp³-hybridized carbons (Fsp3) is 0.750. The minimum Gasteiger partial charge on any atom is -0.370 e. The molecule has 0 aromatic carbocycles. The maximum absolute atomic E-state index is 10.9. The lowest BCUT2D eigenvalue weighted by Gasteiger charge is -2.24. The van der Waals surface area contributed by atoms with Crippen LogP contribution in [0.5, 0.6) is 0 Å². The molecule has 0 saturated heterocycles. The van der Waals surface area contributed by atoms with E-state index in [0.29, 0.717) is 0 Å². The van der Waals surface area contributed by atoms with Crippen LogP contribution in [0.15, 0.2) is 0 Å². The van der Waals surface area contributed by atoms with Gasteiger partial charge in [0.05, 0.1) is 6.54 Å². The summed E-state index contributed by atoms with van der Waals surface area (Å²) < 4.78 is 0. The average molecular weight is 187 g/mol. The Hall–Kier alpha value is -1.10. The molecule has 0 atom stereocenters. The molecule has 0 aromatic heterocycles. The van der Waals surface area contributed by atoms with Gasteiger partial charge in [0.25, 0.3) is 0 Å². The van der Waals surface area contributed by atoms with Crippen molar-refractivity contribution in [1.29, 1.82) is 0 Å². The molecule has 0 radical (unpaired) electrons. The third kappa shape index (κ3) is 6.10. The number of amides is 2. The smallest absolute Gasteiger partial charge is 0.233 e. The molecule has 5 heteroatoms. The zero-order valence-electron chi connectivity index (χ0n) is 8.31. The first-order valence-corrected chi connectivity index (χ1v) is 4.11. The molecule has 0 aliphatic rings. The van der Waals surface area contributed by atoms with Gasteiger partial charge in [-0.3, -0.25) is 9.59 Å². The van der Waals surface area contributed by atoms with Gasteiger partial charge in [0.15, 0.2) is 0 Å². The first-order valence-electron chi connectivity index (χ1n) is 4.11. The Morgan fingerprint density at radius 1 is 1.38 bits per heavy atom. The summed E-state index contributed by atoms with van der Waals surface area (Å²) in [5.74, 6) is -0.494. The van der Waals surface area contributed by atoms with Crippen LogP contribution in [0.1, 0.15) is 20.3 Å². The van der Waals surface area contributed by atoms with E-state index < -0.39 is 5.54 Å². The van der Waals surface area contributed by atoms with Crippen molar-refractivity contribution in [3.63, 3.8) is 0 Å². The van der Waals surface area contributed by atoms with Crippen molar-refractivity contribution >= 4 is 11.8 Å². The first-order chi connectivity index (χ1) is 5.87. The van der Waals surface area contributed by atoms with Crippen molar-refractivity contribution in [1.82, 2.24) is 10.6 Å². The number of nitrogens with one attached hydrogen (secondary N) is 2. The highest BCUT2D eigenvalue weighted by Gasteiger charge is 2.20. The summed E-state index contributed by atoms with van der Waals surface area (Å²) >= 11 is 0. The van der Waals surface area contributed by atoms with E-state index >= 15 is 0 Å². The van der Waals surface area contributed by atoms with E-state index in [-0.39, 0.29) is 24.8 Å². The molecule has 0 aromatic rings. The van der Waals surface area contributed by atoms with E-state index in [2.05, 4.69) is 10.6 Å². The predicted octanol–water partition coefficient (Wildman–Crippen LogP) is -1.02. The molecule has 76 valence electrons. The van der Waals surface area contributed by atoms with Crippen molar-refractivity contribution < 1.29 is 9.59 Å². The highest BCUT2D eigenvalue weighted by atomic mass is 16.2. The number of likely N-dealkylation sites (N-methyl/N-ethyl adjacent to an activating group) is 1. The summed E-state index contributed by atoms with van der Waals surface area (Å²) in [5.41, 5.74) is 4.61. The van der Waals surface area contributed by atoms with Gasteiger partial charge in [-0.25, -0.2) is 0 Å². The molecule has 0 rings (SSSR count). The summed E-state index contributed by atoms with van der Waals surface area (Å²) in [6.07, 6.45) is 0.212. The van der Waals surface area contributed by atoms with Gasteiger partial charge in [0.2, 0.25) is 11.8 Å². The van der Waals surface area contributed by atoms with E-state index in [1.54, 1.807) is 7.05 Å². The second kappa shape index (κ2) is 4.81. The number of carbonyl (C=O) groups is 2. The number of rotatable bonds is 5. The maximum atomic E-state index is 10.9. The molecule has 0 saturated carbocycles. The SMILES string of the molecule is CNC(=O)CNC(C)(C)CC(N)=O. The molecule has 0 spiro atoms. The molecule has 0 fully saturated rings. The quantitative estimate of drug-likeness (QED) is 0.515. The van der Waals surface area contributed by atoms with E-state index in [0.717, 1.165) is 0 Å². The zero-order valence-corrected chi connectivity index (χ0v) is 8.31. The van der Waals surface area contributed by atoms with E-state index in [4.69, 9.17) is 5.73 Å². The molecule has 0 aliphatic heterocycles. The van der Waals surface area contributed by atoms with Crippen LogP contribution in [0.3, 0.4) is 0 Å². The number of hydrogen-bond acceptors (Lipinski definition) is 3. The van der Waals surface area contributed by atoms with Crippen LogP contribution in [0.2, 0.25) is 0 Å². The van der Waals surface area contributed by atoms with Gasteiger partial charge in [-0.1, -0.05) is 0 Å². The van der Waals surface area contributed by atoms with Gasteiger partial charge in [-0.15, -0.1) is 0 Å². The summed E-state index contributed by atoms with van der Waals surface area (Å²) in [4.78, 5) is 21.5. The lowest BCUT2D eigenvalue weighted by molar-refractivity contribution is -0.122. The lowest BCUT2D eigenvalue weighted by atomic mass is 10.0. The standard InChI is InChI=1S/C8H17N3O2/c1-8(2,4-6(9)12)11-5-7(13)10-3/h11H,4-5H2,1-3H3,(H2,9,12)(H,10,13). The van der Waals surface area contributed by atoms with E-state index in [9.17, 15) is 9.59 Å². The Morgan fingerprint density at radius 3 is 2.31 bits per heavy atom. The highest BCUT2D eigenvalue weighted by molar-refractivity contribution is 5.78. The molecule has 0 unspecified atom stereocenters. The topological polar surface area (TPSA) is 84.2 Å². The lowest BCUT2D eigenvalue weighted by Crippen LogP contribution is -2.46. The highest BCUT2D eigenvalue weighted by Crippen LogP contribution is 2.06. The molecule has 0 bridgehead atoms. The Bertz CT molecular complexity index is 202. The average Bonchev–Trinajstić information content (AvgIpc) is 1.98. The van der Waals surface area contributed by atoms with Crippen molar-refractivity contribution in [2.45, 2.75) is 25.8 Å². The van der Waals surface area contributed by atoms with Gasteiger partial charge >= 0.3 is 0 Å². The molecule has 4 N–H and O–H groups in total. The fourth-order valence-corrected chi connectivity index (χ4v) is 0.906. The van der Waals surface area contributed by atoms with Gasteiger partial charge in [0, 0.05) is 19.0 Å². The molecular formula is C8H17N3O2. The number of primary amides is 1. The monoisotopic (exact) mass is 187 g/mol. The summed E-state index contributed by atoms with van der Waals surface area (Å²) in [7, 11) is 1.56. The molecule has 0 aliphatic carbocycles. The Balaban J connectivity index is 3.88. The minimum atomic E-state index is -0.432. The van der Waals surface area contributed by atoms with Crippen molar-refractivity contribution in [2.24, 2.45) is 5.73 Å². The van der Waals surface area contributed by atoms with Crippen LogP contribution in [-0.4, -0.2) is 30.9 Å². The van der Waals surface area contributed by atoms with Crippen LogP contribution in [-0.2, 0) is 9.59 Å². The van der Waals surface area contributed by atoms with Crippen molar-refractivity contribution in [3.8, 4) is 0 Å². The minimum absolute atomic E-state index is 0.113. The fourth-order valence-electron chi connectivity index (χ4n) is 0.906. The third-order valence-electron chi connectivity index (χ3n) is 1.62. The van der Waals surface area contributed by atoms with Gasteiger partial charge in [-0.05, 0) is 13.8 Å². The first kappa shape index (κ1) is 11.9. The number of nitrogens with two attached hydrogens (primary N) is 1. The van der Waals surface area contributed by atoms with E-state index in [1.807, 2.05) is 13.8 Å². The van der Waals surface area contributed by atoms with E-state index in [1.165, 1.54) is 0 Å². The predicted molar refractivity (Wildman–Crippen MR) is 50.0 cm³/mol. The van der Waals surface area contributed by atoms with Crippen molar-refractivity contribution in [3.05, 3.63) is 0 Å². The van der Waals surface area contributed by atoms with Gasteiger partial charge in [0.1, 0.15) is 0 Å². The Morgan fingerprint density at radius 2 is 1.92 bits per heavy atom. The Kier molecular flexibility index (Phi) is 4.40. The Labute approximate surface area is 78.1 Å². The third-order valence-corrected chi connectivity index (χ3v) is 1.62. The largest absolute Gasteiger partial charge is 0.370 e. The summed E-state index contributed by atoms with van der Waals surface area (Å²) in [6, 6.07) is 0. The molecular weight excluding hydrogens is 170 g/mol. The van der Waals surface area contributed by atoms with Crippen LogP contribution in [0.4, 0.5) is 0 Å². The second-order valence-electron chi connectivity index (χ2n) is 3.55. The number of carbonyl (C=O) groups excluding carboxylic acids is 2. The molecule has 13 heavy (non-hydrogen) atoms. The number of hydrogen-bond donors (Lipinski definition) is 3. The molecule has 5 nitrogen and oxygen atoms in total. The van der Waals surface area contributed by atoms with Crippen LogP contribution in [0.25, 0.3) is 0 Å². The summed E-state index contributed by atoms with van der Waals surface area (Å²) in [5, 5.41) is 5.40. The van der Waals surface area contributed by atoms with Crippen LogP contribution >= 0.6 is 0 Å². The van der Waals surface area contributed by atoms with Crippen molar-refractivity contribution in [2.75, 3.05) is 13.6 Å². The van der Waals surface area contributed by atoms with Gasteiger partial charge in [-0.2, -0.15) is 0 Å². The normalized spacial score (nSPS) is 11.0.